The molecule has 0 spiro atoms. The number of likely N-dealkylation sites (N-methyl/N-ethyl adjacent to an activating group) is 1. The Morgan fingerprint density at radius 1 is 1.41 bits per heavy atom. The summed E-state index contributed by atoms with van der Waals surface area (Å²) < 4.78 is 0. The number of rotatable bonds is 5. The van der Waals surface area contributed by atoms with Crippen LogP contribution in [0.3, 0.4) is 0 Å². The van der Waals surface area contributed by atoms with Crippen LogP contribution in [-0.2, 0) is 4.79 Å². The van der Waals surface area contributed by atoms with Gasteiger partial charge in [0.2, 0.25) is 5.91 Å². The molecule has 0 aliphatic carbocycles. The molecule has 0 radical (unpaired) electrons. The number of nitrogens with zero attached hydrogens (tertiary/aromatic N) is 1. The van der Waals surface area contributed by atoms with Gasteiger partial charge < -0.3 is 5.32 Å². The van der Waals surface area contributed by atoms with E-state index in [4.69, 9.17) is 11.6 Å². The predicted octanol–water partition coefficient (Wildman–Crippen LogP) is 2.79. The molecule has 1 rings (SSSR count). The molecule has 92 valence electrons. The summed E-state index contributed by atoms with van der Waals surface area (Å²) >= 11 is 5.95. The van der Waals surface area contributed by atoms with Crippen LogP contribution in [0.4, 0.5) is 5.69 Å². The van der Waals surface area contributed by atoms with Crippen molar-refractivity contribution >= 4 is 23.2 Å². The predicted molar refractivity (Wildman–Crippen MR) is 72.4 cm³/mol. The van der Waals surface area contributed by atoms with E-state index in [-0.39, 0.29) is 5.91 Å². The first-order chi connectivity index (χ1) is 7.99. The second-order valence-corrected chi connectivity index (χ2v) is 4.56. The molecule has 0 bridgehead atoms. The van der Waals surface area contributed by atoms with Crippen molar-refractivity contribution in [3.63, 3.8) is 0 Å². The van der Waals surface area contributed by atoms with Gasteiger partial charge in [-0.1, -0.05) is 35.9 Å². The second kappa shape index (κ2) is 6.42. The van der Waals surface area contributed by atoms with Gasteiger partial charge >= 0.3 is 0 Å². The van der Waals surface area contributed by atoms with E-state index >= 15 is 0 Å². The topological polar surface area (TPSA) is 32.3 Å². The maximum Gasteiger partial charge on any atom is 0.238 e. The molecule has 1 aromatic carbocycles. The number of hydrogen-bond donors (Lipinski definition) is 1. The number of benzene rings is 1. The van der Waals surface area contributed by atoms with Crippen LogP contribution in [0.1, 0.15) is 6.92 Å². The minimum absolute atomic E-state index is 0.0816. The number of anilines is 1. The summed E-state index contributed by atoms with van der Waals surface area (Å²) in [5, 5.41) is 3.32. The van der Waals surface area contributed by atoms with Crippen LogP contribution in [-0.4, -0.2) is 30.9 Å². The first-order valence-corrected chi connectivity index (χ1v) is 5.74. The molecule has 4 heteroatoms. The van der Waals surface area contributed by atoms with Gasteiger partial charge in [-0.2, -0.15) is 0 Å². The van der Waals surface area contributed by atoms with E-state index in [1.54, 1.807) is 12.1 Å². The average molecular weight is 253 g/mol. The van der Waals surface area contributed by atoms with Gasteiger partial charge in [0.1, 0.15) is 0 Å². The van der Waals surface area contributed by atoms with Crippen LogP contribution in [0.15, 0.2) is 36.4 Å². The van der Waals surface area contributed by atoms with Gasteiger partial charge in [-0.05, 0) is 26.1 Å². The molecule has 17 heavy (non-hydrogen) atoms. The number of halogens is 1. The quantitative estimate of drug-likeness (QED) is 0.818. The van der Waals surface area contributed by atoms with Crippen LogP contribution in [0, 0.1) is 0 Å². The largest absolute Gasteiger partial charge is 0.324 e. The summed E-state index contributed by atoms with van der Waals surface area (Å²) in [4.78, 5) is 13.6. The lowest BCUT2D eigenvalue weighted by Gasteiger charge is -2.16. The lowest BCUT2D eigenvalue weighted by Crippen LogP contribution is -2.31. The van der Waals surface area contributed by atoms with Gasteiger partial charge in [-0.3, -0.25) is 9.69 Å². The highest BCUT2D eigenvalue weighted by molar-refractivity contribution is 6.33. The number of amides is 1. The van der Waals surface area contributed by atoms with Crippen LogP contribution in [0.5, 0.6) is 0 Å². The highest BCUT2D eigenvalue weighted by Gasteiger charge is 2.08. The van der Waals surface area contributed by atoms with Crippen molar-refractivity contribution in [1.29, 1.82) is 0 Å². The van der Waals surface area contributed by atoms with Crippen molar-refractivity contribution in [3.8, 4) is 0 Å². The summed E-state index contributed by atoms with van der Waals surface area (Å²) in [6, 6.07) is 7.18. The minimum Gasteiger partial charge on any atom is -0.324 e. The number of carbonyl (C=O) groups excluding carboxylic acids is 1. The fourth-order valence-corrected chi connectivity index (χ4v) is 1.70. The third-order valence-corrected chi connectivity index (χ3v) is 2.43. The molecular weight excluding hydrogens is 236 g/mol. The number of para-hydroxylation sites is 1. The van der Waals surface area contributed by atoms with E-state index in [0.29, 0.717) is 23.8 Å². The van der Waals surface area contributed by atoms with Gasteiger partial charge in [0.05, 0.1) is 17.3 Å². The SMILES string of the molecule is C=C(C)CN(C)CC(=O)Nc1ccccc1Cl. The van der Waals surface area contributed by atoms with Crippen molar-refractivity contribution in [1.82, 2.24) is 4.90 Å². The third-order valence-electron chi connectivity index (χ3n) is 2.10. The molecule has 0 aliphatic rings. The molecule has 0 fully saturated rings. The van der Waals surface area contributed by atoms with Crippen molar-refractivity contribution in [2.24, 2.45) is 0 Å². The summed E-state index contributed by atoms with van der Waals surface area (Å²) in [7, 11) is 1.88. The molecule has 1 aromatic rings. The van der Waals surface area contributed by atoms with E-state index < -0.39 is 0 Å². The monoisotopic (exact) mass is 252 g/mol. The van der Waals surface area contributed by atoms with Gasteiger partial charge in [0.15, 0.2) is 0 Å². The van der Waals surface area contributed by atoms with Gasteiger partial charge in [0.25, 0.3) is 0 Å². The summed E-state index contributed by atoms with van der Waals surface area (Å²) in [6.07, 6.45) is 0. The summed E-state index contributed by atoms with van der Waals surface area (Å²) in [5.74, 6) is -0.0816. The Bertz CT molecular complexity index is 418. The van der Waals surface area contributed by atoms with E-state index in [1.807, 2.05) is 31.0 Å². The van der Waals surface area contributed by atoms with Gasteiger partial charge in [0, 0.05) is 6.54 Å². The second-order valence-electron chi connectivity index (χ2n) is 4.16. The molecule has 0 unspecified atom stereocenters. The van der Waals surface area contributed by atoms with Crippen LogP contribution < -0.4 is 5.32 Å². The van der Waals surface area contributed by atoms with Crippen LogP contribution in [0.25, 0.3) is 0 Å². The lowest BCUT2D eigenvalue weighted by molar-refractivity contribution is -0.116. The number of carbonyl (C=O) groups is 1. The van der Waals surface area contributed by atoms with Gasteiger partial charge in [-0.15, -0.1) is 0 Å². The van der Waals surface area contributed by atoms with Gasteiger partial charge in [-0.25, -0.2) is 0 Å². The number of hydrogen-bond acceptors (Lipinski definition) is 2. The molecule has 0 saturated heterocycles. The van der Waals surface area contributed by atoms with Crippen molar-refractivity contribution in [2.75, 3.05) is 25.5 Å². The van der Waals surface area contributed by atoms with Crippen molar-refractivity contribution in [2.45, 2.75) is 6.92 Å². The molecule has 0 saturated carbocycles. The van der Waals surface area contributed by atoms with E-state index in [9.17, 15) is 4.79 Å². The fourth-order valence-electron chi connectivity index (χ4n) is 1.51. The molecule has 1 N–H and O–H groups in total. The molecule has 1 amide bonds. The zero-order valence-corrected chi connectivity index (χ0v) is 10.9. The maximum absolute atomic E-state index is 11.7. The third kappa shape index (κ3) is 5.02. The standard InChI is InChI=1S/C13H17ClN2O/c1-10(2)8-16(3)9-13(17)15-12-7-5-4-6-11(12)14/h4-7H,1,8-9H2,2-3H3,(H,15,17). The summed E-state index contributed by atoms with van der Waals surface area (Å²) in [5.41, 5.74) is 1.67. The van der Waals surface area contributed by atoms with Crippen LogP contribution >= 0.6 is 11.6 Å². The molecule has 3 nitrogen and oxygen atoms in total. The number of nitrogens with one attached hydrogen (secondary N) is 1. The van der Waals surface area contributed by atoms with Crippen molar-refractivity contribution in [3.05, 3.63) is 41.4 Å². The Labute approximate surface area is 107 Å². The average Bonchev–Trinajstić information content (AvgIpc) is 2.19. The molecule has 0 aliphatic heterocycles. The van der Waals surface area contributed by atoms with Crippen LogP contribution in [0.2, 0.25) is 5.02 Å². The Hall–Kier alpha value is -1.32. The highest BCUT2D eigenvalue weighted by atomic mass is 35.5. The van der Waals surface area contributed by atoms with Crippen molar-refractivity contribution < 1.29 is 4.79 Å². The normalized spacial score (nSPS) is 10.4. The first-order valence-electron chi connectivity index (χ1n) is 5.36. The van der Waals surface area contributed by atoms with E-state index in [1.165, 1.54) is 0 Å². The zero-order valence-electron chi connectivity index (χ0n) is 10.2. The molecule has 0 aromatic heterocycles. The molecular formula is C13H17ClN2O. The smallest absolute Gasteiger partial charge is 0.238 e. The maximum atomic E-state index is 11.7. The minimum atomic E-state index is -0.0816. The Kier molecular flexibility index (Phi) is 5.19. The molecule has 0 atom stereocenters. The van der Waals surface area contributed by atoms with E-state index in [2.05, 4.69) is 11.9 Å². The first kappa shape index (κ1) is 13.7. The fraction of sp³-hybridized carbons (Fsp3) is 0.308. The Morgan fingerprint density at radius 2 is 2.06 bits per heavy atom. The zero-order chi connectivity index (χ0) is 12.8. The lowest BCUT2D eigenvalue weighted by atomic mass is 10.3. The highest BCUT2D eigenvalue weighted by Crippen LogP contribution is 2.20. The Morgan fingerprint density at radius 3 is 2.65 bits per heavy atom. The molecule has 0 heterocycles. The summed E-state index contributed by atoms with van der Waals surface area (Å²) in [6.45, 7) is 6.76. The van der Waals surface area contributed by atoms with E-state index in [0.717, 1.165) is 5.57 Å². The Balaban J connectivity index is 2.50.